The van der Waals surface area contributed by atoms with Gasteiger partial charge in [0.05, 0.1) is 22.6 Å². The van der Waals surface area contributed by atoms with Gasteiger partial charge in [0, 0.05) is 17.8 Å². The summed E-state index contributed by atoms with van der Waals surface area (Å²) in [6.45, 7) is 5.27. The molecule has 2 N–H and O–H groups in total. The quantitative estimate of drug-likeness (QED) is 0.377. The van der Waals surface area contributed by atoms with E-state index in [1.807, 2.05) is 0 Å². The number of benzene rings is 1. The summed E-state index contributed by atoms with van der Waals surface area (Å²) in [5, 5.41) is 17.1. The van der Waals surface area contributed by atoms with Crippen LogP contribution in [0.25, 0.3) is 0 Å². The summed E-state index contributed by atoms with van der Waals surface area (Å²) < 4.78 is 5.28. The summed E-state index contributed by atoms with van der Waals surface area (Å²) in [4.78, 5) is 22.7. The van der Waals surface area contributed by atoms with Crippen molar-refractivity contribution in [3.8, 4) is 0 Å². The molecule has 1 atom stereocenters. The zero-order chi connectivity index (χ0) is 17.1. The monoisotopic (exact) mass is 335 g/mol. The van der Waals surface area contributed by atoms with Crippen LogP contribution in [0.1, 0.15) is 32.4 Å². The zero-order valence-electron chi connectivity index (χ0n) is 13.0. The highest BCUT2D eigenvalue weighted by atomic mass is 32.1. The number of hydrogen-bond acceptors (Lipinski definition) is 5. The van der Waals surface area contributed by atoms with E-state index in [-0.39, 0.29) is 11.8 Å². The Labute approximate surface area is 138 Å². The van der Waals surface area contributed by atoms with E-state index in [0.717, 1.165) is 0 Å². The van der Waals surface area contributed by atoms with Crippen LogP contribution in [0.15, 0.2) is 35.5 Å². The molecule has 0 fully saturated rings. The highest BCUT2D eigenvalue weighted by Gasteiger charge is 2.31. The van der Waals surface area contributed by atoms with Gasteiger partial charge in [-0.25, -0.2) is 4.79 Å². The Morgan fingerprint density at radius 3 is 2.48 bits per heavy atom. The molecule has 23 heavy (non-hydrogen) atoms. The molecule has 8 heteroatoms. The van der Waals surface area contributed by atoms with Crippen molar-refractivity contribution in [2.75, 3.05) is 0 Å². The van der Waals surface area contributed by atoms with Crippen molar-refractivity contribution in [1.82, 2.24) is 10.6 Å². The number of rotatable bonds is 4. The van der Waals surface area contributed by atoms with Crippen molar-refractivity contribution >= 4 is 29.0 Å². The van der Waals surface area contributed by atoms with Crippen molar-refractivity contribution in [3.05, 3.63) is 51.2 Å². The van der Waals surface area contributed by atoms with Gasteiger partial charge in [0.2, 0.25) is 0 Å². The topological polar surface area (TPSA) is 93.5 Å². The third-order valence-electron chi connectivity index (χ3n) is 3.27. The molecule has 0 bridgehead atoms. The Bertz CT molecular complexity index is 682. The third-order valence-corrected chi connectivity index (χ3v) is 3.49. The molecule has 0 saturated carbocycles. The second kappa shape index (κ2) is 6.74. The van der Waals surface area contributed by atoms with Crippen LogP contribution in [-0.2, 0) is 9.53 Å². The predicted molar refractivity (Wildman–Crippen MR) is 88.6 cm³/mol. The smallest absolute Gasteiger partial charge is 0.338 e. The second-order valence-corrected chi connectivity index (χ2v) is 5.78. The predicted octanol–water partition coefficient (Wildman–Crippen LogP) is 2.34. The molecule has 7 nitrogen and oxygen atoms in total. The maximum absolute atomic E-state index is 12.4. The van der Waals surface area contributed by atoms with Gasteiger partial charge >= 0.3 is 5.97 Å². The van der Waals surface area contributed by atoms with Gasteiger partial charge in [-0.1, -0.05) is 0 Å². The molecule has 1 heterocycles. The van der Waals surface area contributed by atoms with Gasteiger partial charge in [0.1, 0.15) is 0 Å². The number of ether oxygens (including phenoxy) is 1. The van der Waals surface area contributed by atoms with E-state index in [2.05, 4.69) is 10.6 Å². The maximum atomic E-state index is 12.4. The Balaban J connectivity index is 2.40. The van der Waals surface area contributed by atoms with Crippen LogP contribution in [0.5, 0.6) is 0 Å². The van der Waals surface area contributed by atoms with E-state index in [1.165, 1.54) is 12.1 Å². The summed E-state index contributed by atoms with van der Waals surface area (Å²) in [6.07, 6.45) is -0.255. The SMILES string of the molecule is CC1=C(C(=O)OC(C)C)C(c2ccc([N+](=O)[O-])cc2)NC(=S)N1. The number of carbonyl (C=O) groups is 1. The molecule has 0 radical (unpaired) electrons. The first-order chi connectivity index (χ1) is 10.8. The number of esters is 1. The Hall–Kier alpha value is -2.48. The van der Waals surface area contributed by atoms with Crippen molar-refractivity contribution in [2.24, 2.45) is 0 Å². The number of non-ortho nitro benzene ring substituents is 1. The highest BCUT2D eigenvalue weighted by Crippen LogP contribution is 2.29. The average molecular weight is 335 g/mol. The molecule has 0 saturated heterocycles. The van der Waals surface area contributed by atoms with Crippen molar-refractivity contribution in [3.63, 3.8) is 0 Å². The van der Waals surface area contributed by atoms with Gasteiger partial charge in [-0.15, -0.1) is 0 Å². The summed E-state index contributed by atoms with van der Waals surface area (Å²) in [5.74, 6) is -0.455. The lowest BCUT2D eigenvalue weighted by atomic mass is 9.95. The fraction of sp³-hybridized carbons (Fsp3) is 0.333. The first-order valence-corrected chi connectivity index (χ1v) is 7.44. The van der Waals surface area contributed by atoms with Crippen LogP contribution in [0.2, 0.25) is 0 Å². The van der Waals surface area contributed by atoms with E-state index in [9.17, 15) is 14.9 Å². The summed E-state index contributed by atoms with van der Waals surface area (Å²) >= 11 is 5.14. The number of allylic oxidation sites excluding steroid dienone is 1. The first-order valence-electron chi connectivity index (χ1n) is 7.03. The molecule has 1 aromatic carbocycles. The van der Waals surface area contributed by atoms with Crippen LogP contribution in [-0.4, -0.2) is 22.1 Å². The minimum Gasteiger partial charge on any atom is -0.459 e. The first kappa shape index (κ1) is 16.9. The molecule has 1 aliphatic heterocycles. The molecule has 0 aliphatic carbocycles. The van der Waals surface area contributed by atoms with E-state index in [0.29, 0.717) is 21.9 Å². The van der Waals surface area contributed by atoms with Gasteiger partial charge in [-0.05, 0) is 50.7 Å². The lowest BCUT2D eigenvalue weighted by molar-refractivity contribution is -0.384. The van der Waals surface area contributed by atoms with Gasteiger partial charge in [-0.2, -0.15) is 0 Å². The summed E-state index contributed by atoms with van der Waals surface area (Å²) in [7, 11) is 0. The third kappa shape index (κ3) is 3.84. The van der Waals surface area contributed by atoms with Gasteiger partial charge in [-0.3, -0.25) is 10.1 Å². The Morgan fingerprint density at radius 1 is 1.35 bits per heavy atom. The lowest BCUT2D eigenvalue weighted by Crippen LogP contribution is -2.45. The number of thiocarbonyl (C=S) groups is 1. The largest absolute Gasteiger partial charge is 0.459 e. The standard InChI is InChI=1S/C15H17N3O4S/c1-8(2)22-14(19)12-9(3)16-15(23)17-13(12)10-4-6-11(7-5-10)18(20)21/h4-8,13H,1-3H3,(H2,16,17,23). The number of nitrogens with zero attached hydrogens (tertiary/aromatic N) is 1. The lowest BCUT2D eigenvalue weighted by Gasteiger charge is -2.30. The molecule has 0 spiro atoms. The fourth-order valence-corrected chi connectivity index (χ4v) is 2.55. The van der Waals surface area contributed by atoms with Crippen LogP contribution in [0.3, 0.4) is 0 Å². The van der Waals surface area contributed by atoms with Gasteiger partial charge < -0.3 is 15.4 Å². The van der Waals surface area contributed by atoms with E-state index in [1.54, 1.807) is 32.9 Å². The molecule has 2 rings (SSSR count). The van der Waals surface area contributed by atoms with Crippen molar-refractivity contribution in [2.45, 2.75) is 32.9 Å². The number of nitrogens with one attached hydrogen (secondary N) is 2. The van der Waals surface area contributed by atoms with Crippen LogP contribution < -0.4 is 10.6 Å². The van der Waals surface area contributed by atoms with E-state index >= 15 is 0 Å². The van der Waals surface area contributed by atoms with E-state index in [4.69, 9.17) is 17.0 Å². The average Bonchev–Trinajstić information content (AvgIpc) is 2.45. The Morgan fingerprint density at radius 2 is 1.96 bits per heavy atom. The van der Waals surface area contributed by atoms with Crippen LogP contribution in [0.4, 0.5) is 5.69 Å². The molecule has 122 valence electrons. The van der Waals surface area contributed by atoms with Crippen LogP contribution >= 0.6 is 12.2 Å². The van der Waals surface area contributed by atoms with Gasteiger partial charge in [0.25, 0.3) is 5.69 Å². The van der Waals surface area contributed by atoms with Gasteiger partial charge in [0.15, 0.2) is 5.11 Å². The number of hydrogen-bond donors (Lipinski definition) is 2. The minimum atomic E-state index is -0.518. The second-order valence-electron chi connectivity index (χ2n) is 5.37. The zero-order valence-corrected chi connectivity index (χ0v) is 13.8. The molecule has 1 unspecified atom stereocenters. The number of nitro benzene ring substituents is 1. The van der Waals surface area contributed by atoms with E-state index < -0.39 is 16.9 Å². The fourth-order valence-electron chi connectivity index (χ4n) is 2.28. The highest BCUT2D eigenvalue weighted by molar-refractivity contribution is 7.80. The molecular weight excluding hydrogens is 318 g/mol. The molecule has 1 aromatic rings. The number of carbonyl (C=O) groups excluding carboxylic acids is 1. The maximum Gasteiger partial charge on any atom is 0.338 e. The molecule has 0 amide bonds. The van der Waals surface area contributed by atoms with Crippen LogP contribution in [0, 0.1) is 10.1 Å². The summed E-state index contributed by atoms with van der Waals surface area (Å²) in [6, 6.07) is 5.46. The molecule has 0 aromatic heterocycles. The van der Waals surface area contributed by atoms with Crippen molar-refractivity contribution < 1.29 is 14.5 Å². The Kier molecular flexibility index (Phi) is 4.95. The minimum absolute atomic E-state index is 0.0164. The molecule has 1 aliphatic rings. The normalized spacial score (nSPS) is 17.6. The summed E-state index contributed by atoms with van der Waals surface area (Å²) in [5.41, 5.74) is 1.68. The molecular formula is C15H17N3O4S. The number of nitro groups is 1. The van der Waals surface area contributed by atoms with Crippen molar-refractivity contribution in [1.29, 1.82) is 0 Å².